The Morgan fingerprint density at radius 1 is 0.575 bits per heavy atom. The van der Waals surface area contributed by atoms with Crippen molar-refractivity contribution in [3.05, 3.63) is 0 Å². The smallest absolute Gasteiger partial charge is 0.339 e. The molecule has 0 rings (SSSR count). The summed E-state index contributed by atoms with van der Waals surface area (Å²) in [6.07, 6.45) is 16.1. The largest absolute Gasteiger partial charge is 0.464 e. The van der Waals surface area contributed by atoms with Crippen molar-refractivity contribution in [1.29, 1.82) is 0 Å². The van der Waals surface area contributed by atoms with Crippen molar-refractivity contribution >= 4 is 18.0 Å². The van der Waals surface area contributed by atoms with Crippen molar-refractivity contribution in [2.75, 3.05) is 19.7 Å². The van der Waals surface area contributed by atoms with E-state index in [0.717, 1.165) is 19.3 Å². The standard InChI is InChI=1S/C33H28N2O5/c1-3-5-7-9-11-13-14-15-16-17-18-19-20-22-24-26-28-40-32(37)30-35-33(38)34-29-31(36)39-27-25-23-21-12-10-8-6-4-2/h1H,4,6,8,10,12,21,23,25,27,29-30H2,2H3,(H2,34,35,38). The molecule has 0 aromatic rings. The average Bonchev–Trinajstić information content (AvgIpc) is 2.95. The van der Waals surface area contributed by atoms with Crippen LogP contribution in [0.2, 0.25) is 0 Å². The molecule has 0 unspecified atom stereocenters. The highest BCUT2D eigenvalue weighted by Crippen LogP contribution is 2.08. The summed E-state index contributed by atoms with van der Waals surface area (Å²) in [4.78, 5) is 34.9. The molecule has 0 aliphatic rings. The summed E-state index contributed by atoms with van der Waals surface area (Å²) >= 11 is 0. The first-order valence-corrected chi connectivity index (χ1v) is 12.4. The second-order valence-corrected chi connectivity index (χ2v) is 7.33. The Balaban J connectivity index is 4.00. The molecule has 0 radical (unpaired) electrons. The van der Waals surface area contributed by atoms with Gasteiger partial charge in [0.15, 0.2) is 0 Å². The van der Waals surface area contributed by atoms with E-state index in [9.17, 15) is 14.4 Å². The molecule has 0 saturated carbocycles. The van der Waals surface area contributed by atoms with Crippen LogP contribution in [-0.2, 0) is 19.1 Å². The summed E-state index contributed by atoms with van der Waals surface area (Å²) in [6.45, 7) is 1.75. The molecule has 0 aliphatic heterocycles. The molecule has 0 spiro atoms. The van der Waals surface area contributed by atoms with Crippen molar-refractivity contribution in [2.45, 2.75) is 58.3 Å². The predicted molar refractivity (Wildman–Crippen MR) is 152 cm³/mol. The molecule has 40 heavy (non-hydrogen) atoms. The quantitative estimate of drug-likeness (QED) is 0.215. The zero-order valence-corrected chi connectivity index (χ0v) is 22.4. The lowest BCUT2D eigenvalue weighted by Crippen LogP contribution is -2.41. The van der Waals surface area contributed by atoms with Crippen molar-refractivity contribution in [3.63, 3.8) is 0 Å². The summed E-state index contributed by atoms with van der Waals surface area (Å²) in [7, 11) is 0. The van der Waals surface area contributed by atoms with Crippen LogP contribution >= 0.6 is 0 Å². The number of hydrogen-bond donors (Lipinski definition) is 2. The Hall–Kier alpha value is -5.75. The van der Waals surface area contributed by atoms with Crippen LogP contribution in [0.15, 0.2) is 0 Å². The molecule has 0 aromatic heterocycles. The maximum Gasteiger partial charge on any atom is 0.339 e. The van der Waals surface area contributed by atoms with E-state index in [-0.39, 0.29) is 6.54 Å². The topological polar surface area (TPSA) is 93.7 Å². The van der Waals surface area contributed by atoms with E-state index in [1.807, 2.05) is 0 Å². The van der Waals surface area contributed by atoms with Crippen LogP contribution < -0.4 is 10.6 Å². The number of nitrogens with one attached hydrogen (secondary N) is 2. The van der Waals surface area contributed by atoms with Crippen LogP contribution in [0.5, 0.6) is 0 Å². The van der Waals surface area contributed by atoms with E-state index in [1.54, 1.807) is 0 Å². The van der Waals surface area contributed by atoms with Crippen molar-refractivity contribution in [1.82, 2.24) is 10.6 Å². The van der Waals surface area contributed by atoms with Gasteiger partial charge in [0.05, 0.1) is 6.61 Å². The number of urea groups is 1. The van der Waals surface area contributed by atoms with Crippen LogP contribution in [-0.4, -0.2) is 37.7 Å². The van der Waals surface area contributed by atoms with E-state index in [4.69, 9.17) is 11.2 Å². The Labute approximate surface area is 237 Å². The summed E-state index contributed by atoms with van der Waals surface area (Å²) in [6, 6.07) is -0.721. The third-order valence-corrected chi connectivity index (χ3v) is 4.21. The highest BCUT2D eigenvalue weighted by molar-refractivity contribution is 5.84. The normalized spacial score (nSPS) is 7.40. The van der Waals surface area contributed by atoms with E-state index >= 15 is 0 Å². The summed E-state index contributed by atoms with van der Waals surface area (Å²) in [5.41, 5.74) is 0. The number of ether oxygens (including phenoxy) is 2. The lowest BCUT2D eigenvalue weighted by molar-refractivity contribution is -0.142. The number of terminal acetylenes is 1. The maximum atomic E-state index is 11.7. The van der Waals surface area contributed by atoms with E-state index < -0.39 is 24.5 Å². The van der Waals surface area contributed by atoms with Gasteiger partial charge in [-0.05, 0) is 53.8 Å². The Morgan fingerprint density at radius 2 is 1.00 bits per heavy atom. The van der Waals surface area contributed by atoms with E-state index in [1.165, 1.54) is 32.1 Å². The molecule has 200 valence electrons. The van der Waals surface area contributed by atoms with E-state index in [0.29, 0.717) is 6.61 Å². The highest BCUT2D eigenvalue weighted by atomic mass is 16.5. The van der Waals surface area contributed by atoms with Gasteiger partial charge in [0, 0.05) is 47.4 Å². The molecule has 7 heteroatoms. The van der Waals surface area contributed by atoms with Crippen LogP contribution in [0.3, 0.4) is 0 Å². The zero-order valence-electron chi connectivity index (χ0n) is 22.4. The SMILES string of the molecule is C#CC#CC#CC#CC#CC#CC#CC#CC#COC(=O)CNC(=O)NCC(=O)OCCCCCCCCCC. The highest BCUT2D eigenvalue weighted by Gasteiger charge is 2.08. The van der Waals surface area contributed by atoms with Gasteiger partial charge in [0.2, 0.25) is 0 Å². The predicted octanol–water partition coefficient (Wildman–Crippen LogP) is 2.13. The minimum atomic E-state index is -0.813. The minimum Gasteiger partial charge on any atom is -0.464 e. The van der Waals surface area contributed by atoms with Gasteiger partial charge in [0.25, 0.3) is 0 Å². The monoisotopic (exact) mass is 532 g/mol. The van der Waals surface area contributed by atoms with Crippen molar-refractivity contribution in [3.8, 4) is 107 Å². The third kappa shape index (κ3) is 26.8. The second-order valence-electron chi connectivity index (χ2n) is 7.33. The van der Waals surface area contributed by atoms with Gasteiger partial charge in [0.1, 0.15) is 19.2 Å². The number of hydrogen-bond acceptors (Lipinski definition) is 5. The van der Waals surface area contributed by atoms with E-state index in [2.05, 4.69) is 123 Å². The number of rotatable bonds is 13. The molecular weight excluding hydrogens is 504 g/mol. The Morgan fingerprint density at radius 3 is 1.50 bits per heavy atom. The van der Waals surface area contributed by atoms with Gasteiger partial charge in [-0.1, -0.05) is 51.9 Å². The fraction of sp³-hybridized carbons (Fsp3) is 0.364. The van der Waals surface area contributed by atoms with Crippen molar-refractivity contribution in [2.24, 2.45) is 0 Å². The minimum absolute atomic E-state index is 0.307. The molecule has 7 nitrogen and oxygen atoms in total. The van der Waals surface area contributed by atoms with Gasteiger partial charge in [-0.2, -0.15) is 0 Å². The Kier molecular flexibility index (Phi) is 23.8. The molecule has 0 aliphatic carbocycles. The summed E-state index contributed by atoms with van der Waals surface area (Å²) in [5.74, 6) is 36.8. The van der Waals surface area contributed by atoms with Gasteiger partial charge >= 0.3 is 18.0 Å². The van der Waals surface area contributed by atoms with Crippen LogP contribution in [0.1, 0.15) is 58.3 Å². The summed E-state index contributed by atoms with van der Waals surface area (Å²) < 4.78 is 9.64. The van der Waals surface area contributed by atoms with Gasteiger partial charge in [-0.15, -0.1) is 6.42 Å². The van der Waals surface area contributed by atoms with Gasteiger partial charge in [-0.25, -0.2) is 9.59 Å². The number of amides is 2. The number of unbranched alkanes of at least 4 members (excludes halogenated alkanes) is 7. The van der Waals surface area contributed by atoms with Crippen LogP contribution in [0.25, 0.3) is 0 Å². The lowest BCUT2D eigenvalue weighted by atomic mass is 10.1. The first-order chi connectivity index (χ1) is 19.6. The van der Waals surface area contributed by atoms with Crippen LogP contribution in [0, 0.1) is 107 Å². The van der Waals surface area contributed by atoms with Crippen molar-refractivity contribution < 1.29 is 23.9 Å². The first kappa shape index (κ1) is 34.2. The zero-order chi connectivity index (χ0) is 29.4. The first-order valence-electron chi connectivity index (χ1n) is 12.4. The molecule has 0 heterocycles. The lowest BCUT2D eigenvalue weighted by Gasteiger charge is -2.07. The molecule has 0 aromatic carbocycles. The molecule has 2 N–H and O–H groups in total. The molecule has 0 fully saturated rings. The number of carbonyl (C=O) groups excluding carboxylic acids is 3. The molecule has 0 bridgehead atoms. The van der Waals surface area contributed by atoms with Gasteiger partial charge in [-0.3, -0.25) is 4.79 Å². The summed E-state index contributed by atoms with van der Waals surface area (Å²) in [5, 5.41) is 4.54. The van der Waals surface area contributed by atoms with Crippen LogP contribution in [0.4, 0.5) is 4.79 Å². The molecule has 0 saturated heterocycles. The maximum absolute atomic E-state index is 11.7. The fourth-order valence-electron chi connectivity index (χ4n) is 2.43. The number of carbonyl (C=O) groups is 3. The molecule has 2 amide bonds. The molecule has 0 atom stereocenters. The number of esters is 2. The second kappa shape index (κ2) is 27.8. The average molecular weight is 533 g/mol. The molecular formula is C33H28N2O5. The third-order valence-electron chi connectivity index (χ3n) is 4.21. The van der Waals surface area contributed by atoms with Gasteiger partial charge < -0.3 is 20.1 Å². The Bertz CT molecular complexity index is 1410. The fourth-order valence-corrected chi connectivity index (χ4v) is 2.43.